The lowest BCUT2D eigenvalue weighted by Gasteiger charge is -2.27. The Morgan fingerprint density at radius 3 is 2.30 bits per heavy atom. The summed E-state index contributed by atoms with van der Waals surface area (Å²) in [5, 5.41) is 5.21. The first-order valence-electron chi connectivity index (χ1n) is 8.10. The molecule has 10 heteroatoms. The third-order valence-electron chi connectivity index (χ3n) is 2.86. The monoisotopic (exact) mass is 390 g/mol. The zero-order chi connectivity index (χ0) is 20.9. The van der Waals surface area contributed by atoms with Gasteiger partial charge in [-0.15, -0.1) is 13.2 Å². The van der Waals surface area contributed by atoms with E-state index in [1.807, 2.05) is 0 Å². The molecule has 0 radical (unpaired) electrons. The number of ether oxygens (including phenoxy) is 2. The minimum atomic E-state index is -4.83. The maximum atomic E-state index is 12.4. The van der Waals surface area contributed by atoms with Gasteiger partial charge in [-0.25, -0.2) is 4.79 Å². The van der Waals surface area contributed by atoms with Crippen LogP contribution < -0.4 is 21.1 Å². The van der Waals surface area contributed by atoms with Crippen molar-refractivity contribution in [2.24, 2.45) is 10.7 Å². The van der Waals surface area contributed by atoms with E-state index < -0.39 is 29.3 Å². The molecule has 1 rings (SSSR count). The molecule has 0 atom stereocenters. The number of rotatable bonds is 5. The molecule has 1 amide bonds. The topological polar surface area (TPSA) is 98.0 Å². The maximum absolute atomic E-state index is 12.4. The summed E-state index contributed by atoms with van der Waals surface area (Å²) in [6, 6.07) is 5.44. The van der Waals surface area contributed by atoms with E-state index in [0.717, 1.165) is 6.07 Å². The third kappa shape index (κ3) is 9.57. The van der Waals surface area contributed by atoms with Crippen molar-refractivity contribution >= 4 is 17.7 Å². The van der Waals surface area contributed by atoms with Crippen LogP contribution >= 0.6 is 0 Å². The number of carbonyl (C=O) groups is 1. The van der Waals surface area contributed by atoms with Crippen LogP contribution in [0.1, 0.15) is 34.6 Å². The molecule has 0 spiro atoms. The second-order valence-corrected chi connectivity index (χ2v) is 7.38. The lowest BCUT2D eigenvalue weighted by atomic mass is 10.1. The molecule has 0 aliphatic heterocycles. The SMILES string of the molecule is CC(C)(CN=C(N)Nc1ccccc1OC(F)(F)F)NC(=O)OC(C)(C)C. The number of aliphatic imine (C=N–C) groups is 1. The number of hydrogen-bond donors (Lipinski definition) is 3. The number of nitrogens with two attached hydrogens (primary N) is 1. The summed E-state index contributed by atoms with van der Waals surface area (Å²) in [6.45, 7) is 8.68. The number of nitrogens with one attached hydrogen (secondary N) is 2. The molecular formula is C17H25F3N4O3. The normalized spacial score (nSPS) is 13.1. The van der Waals surface area contributed by atoms with Gasteiger partial charge in [-0.3, -0.25) is 4.99 Å². The Bertz CT molecular complexity index is 683. The number of alkyl halides is 3. The summed E-state index contributed by atoms with van der Waals surface area (Å²) in [4.78, 5) is 15.9. The molecular weight excluding hydrogens is 365 g/mol. The van der Waals surface area contributed by atoms with Gasteiger partial charge in [-0.05, 0) is 46.8 Å². The van der Waals surface area contributed by atoms with E-state index in [1.54, 1.807) is 34.6 Å². The highest BCUT2D eigenvalue weighted by Gasteiger charge is 2.32. The van der Waals surface area contributed by atoms with Crippen LogP contribution in [-0.2, 0) is 4.74 Å². The number of guanidine groups is 1. The second kappa shape index (κ2) is 8.36. The predicted octanol–water partition coefficient (Wildman–Crippen LogP) is 3.62. The highest BCUT2D eigenvalue weighted by molar-refractivity contribution is 5.93. The molecule has 0 aromatic heterocycles. The van der Waals surface area contributed by atoms with E-state index in [2.05, 4.69) is 20.4 Å². The molecule has 0 saturated heterocycles. The van der Waals surface area contributed by atoms with Crippen LogP contribution in [0.2, 0.25) is 0 Å². The van der Waals surface area contributed by atoms with Crippen molar-refractivity contribution in [3.05, 3.63) is 24.3 Å². The quantitative estimate of drug-likeness (QED) is 0.527. The smallest absolute Gasteiger partial charge is 0.444 e. The number of carbonyl (C=O) groups excluding carboxylic acids is 1. The van der Waals surface area contributed by atoms with Gasteiger partial charge in [0.25, 0.3) is 0 Å². The first kappa shape index (κ1) is 22.4. The van der Waals surface area contributed by atoms with Gasteiger partial charge in [0.15, 0.2) is 11.7 Å². The van der Waals surface area contributed by atoms with Gasteiger partial charge < -0.3 is 25.8 Å². The molecule has 0 saturated carbocycles. The molecule has 7 nitrogen and oxygen atoms in total. The van der Waals surface area contributed by atoms with Crippen molar-refractivity contribution in [1.82, 2.24) is 5.32 Å². The molecule has 0 fully saturated rings. The minimum absolute atomic E-state index is 0.00832. The van der Waals surface area contributed by atoms with Crippen LogP contribution in [0.5, 0.6) is 5.75 Å². The predicted molar refractivity (Wildman–Crippen MR) is 96.7 cm³/mol. The number of benzene rings is 1. The standard InChI is InChI=1S/C17H25F3N4O3/c1-15(2,3)27-14(25)24-16(4,5)10-22-13(21)23-11-8-6-7-9-12(11)26-17(18,19)20/h6-9H,10H2,1-5H3,(H,24,25)(H3,21,22,23). The number of halogens is 3. The molecule has 0 heterocycles. The van der Waals surface area contributed by atoms with Gasteiger partial charge in [0, 0.05) is 0 Å². The van der Waals surface area contributed by atoms with Crippen LogP contribution in [0.25, 0.3) is 0 Å². The van der Waals surface area contributed by atoms with Gasteiger partial charge in [0.1, 0.15) is 5.60 Å². The van der Waals surface area contributed by atoms with E-state index in [4.69, 9.17) is 10.5 Å². The maximum Gasteiger partial charge on any atom is 0.573 e. The van der Waals surface area contributed by atoms with E-state index in [-0.39, 0.29) is 18.2 Å². The third-order valence-corrected chi connectivity index (χ3v) is 2.86. The Hall–Kier alpha value is -2.65. The van der Waals surface area contributed by atoms with E-state index >= 15 is 0 Å². The van der Waals surface area contributed by atoms with Crippen molar-refractivity contribution in [3.8, 4) is 5.75 Å². The number of alkyl carbamates (subject to hydrolysis) is 1. The van der Waals surface area contributed by atoms with Gasteiger partial charge in [-0.2, -0.15) is 0 Å². The Labute approximate surface area is 156 Å². The number of nitrogens with zero attached hydrogens (tertiary/aromatic N) is 1. The van der Waals surface area contributed by atoms with Crippen LogP contribution in [-0.4, -0.2) is 36.1 Å². The van der Waals surface area contributed by atoms with Gasteiger partial charge >= 0.3 is 12.5 Å². The van der Waals surface area contributed by atoms with Crippen LogP contribution in [0.15, 0.2) is 29.3 Å². The molecule has 1 aromatic rings. The lowest BCUT2D eigenvalue weighted by Crippen LogP contribution is -2.48. The highest BCUT2D eigenvalue weighted by atomic mass is 19.4. The Morgan fingerprint density at radius 1 is 1.15 bits per heavy atom. The van der Waals surface area contributed by atoms with Crippen LogP contribution in [0.3, 0.4) is 0 Å². The fourth-order valence-corrected chi connectivity index (χ4v) is 1.86. The second-order valence-electron chi connectivity index (χ2n) is 7.38. The Balaban J connectivity index is 2.74. The summed E-state index contributed by atoms with van der Waals surface area (Å²) >= 11 is 0. The van der Waals surface area contributed by atoms with Crippen molar-refractivity contribution in [2.45, 2.75) is 52.1 Å². The zero-order valence-corrected chi connectivity index (χ0v) is 15.9. The van der Waals surface area contributed by atoms with Crippen molar-refractivity contribution in [2.75, 3.05) is 11.9 Å². The van der Waals surface area contributed by atoms with E-state index in [1.165, 1.54) is 18.2 Å². The first-order chi connectivity index (χ1) is 12.2. The number of amides is 1. The van der Waals surface area contributed by atoms with Gasteiger partial charge in [0.2, 0.25) is 0 Å². The fourth-order valence-electron chi connectivity index (χ4n) is 1.86. The van der Waals surface area contributed by atoms with Crippen molar-refractivity contribution in [3.63, 3.8) is 0 Å². The lowest BCUT2D eigenvalue weighted by molar-refractivity contribution is -0.274. The van der Waals surface area contributed by atoms with Gasteiger partial charge in [-0.1, -0.05) is 12.1 Å². The molecule has 1 aromatic carbocycles. The molecule has 0 aliphatic carbocycles. The van der Waals surface area contributed by atoms with Crippen LogP contribution in [0, 0.1) is 0 Å². The summed E-state index contributed by atoms with van der Waals surface area (Å²) < 4.78 is 46.4. The molecule has 27 heavy (non-hydrogen) atoms. The average Bonchev–Trinajstić information content (AvgIpc) is 2.43. The van der Waals surface area contributed by atoms with Crippen molar-refractivity contribution < 1.29 is 27.4 Å². The Kier molecular flexibility index (Phi) is 6.93. The average molecular weight is 390 g/mol. The summed E-state index contributed by atoms with van der Waals surface area (Å²) in [5.41, 5.74) is 4.30. The molecule has 4 N–H and O–H groups in total. The highest BCUT2D eigenvalue weighted by Crippen LogP contribution is 2.29. The molecule has 0 bridgehead atoms. The van der Waals surface area contributed by atoms with Crippen molar-refractivity contribution in [1.29, 1.82) is 0 Å². The molecule has 152 valence electrons. The molecule has 0 aliphatic rings. The number of para-hydroxylation sites is 2. The van der Waals surface area contributed by atoms with E-state index in [0.29, 0.717) is 0 Å². The zero-order valence-electron chi connectivity index (χ0n) is 15.9. The van der Waals surface area contributed by atoms with Crippen LogP contribution in [0.4, 0.5) is 23.7 Å². The summed E-state index contributed by atoms with van der Waals surface area (Å²) in [5.74, 6) is -0.568. The van der Waals surface area contributed by atoms with E-state index in [9.17, 15) is 18.0 Å². The summed E-state index contributed by atoms with van der Waals surface area (Å²) in [6.07, 6.45) is -5.44. The fraction of sp³-hybridized carbons (Fsp3) is 0.529. The summed E-state index contributed by atoms with van der Waals surface area (Å²) in [7, 11) is 0. The minimum Gasteiger partial charge on any atom is -0.444 e. The molecule has 0 unspecified atom stereocenters. The number of hydrogen-bond acceptors (Lipinski definition) is 4. The largest absolute Gasteiger partial charge is 0.573 e. The Morgan fingerprint density at radius 2 is 1.74 bits per heavy atom. The number of anilines is 1. The van der Waals surface area contributed by atoms with Gasteiger partial charge in [0.05, 0.1) is 17.8 Å². The first-order valence-corrected chi connectivity index (χ1v) is 8.10.